The van der Waals surface area contributed by atoms with Crippen LogP contribution in [0.2, 0.25) is 0 Å². The predicted molar refractivity (Wildman–Crippen MR) is 120 cm³/mol. The molecule has 7 nitrogen and oxygen atoms in total. The largest absolute Gasteiger partial charge is 0.490 e. The van der Waals surface area contributed by atoms with Crippen LogP contribution in [0.1, 0.15) is 36.8 Å². The first kappa shape index (κ1) is 21.4. The number of nitrogens with zero attached hydrogens (tertiary/aromatic N) is 4. The third-order valence-electron chi connectivity index (χ3n) is 6.40. The van der Waals surface area contributed by atoms with Crippen molar-refractivity contribution >= 4 is 11.9 Å². The van der Waals surface area contributed by atoms with Crippen LogP contribution in [0.25, 0.3) is 0 Å². The van der Waals surface area contributed by atoms with E-state index in [9.17, 15) is 4.79 Å². The second-order valence-corrected chi connectivity index (χ2v) is 8.52. The van der Waals surface area contributed by atoms with E-state index in [0.717, 1.165) is 57.6 Å². The standard InChI is InChI=1S/C24H32N4O3/c1-17-5-4-6-18(2)22(17)31-20-10-15-27(16-11-20)23(29)19-8-13-28(14-9-19)24-25-12-7-21(26-24)30-3/h4-7,12,19-20H,8-11,13-16H2,1-3H3. The van der Waals surface area contributed by atoms with Gasteiger partial charge < -0.3 is 19.3 Å². The molecule has 1 aromatic carbocycles. The Hall–Kier alpha value is -2.83. The van der Waals surface area contributed by atoms with Crippen molar-refractivity contribution in [2.75, 3.05) is 38.2 Å². The lowest BCUT2D eigenvalue weighted by Crippen LogP contribution is -2.47. The number of likely N-dealkylation sites (tertiary alicyclic amines) is 1. The lowest BCUT2D eigenvalue weighted by Gasteiger charge is -2.37. The molecule has 1 aromatic heterocycles. The van der Waals surface area contributed by atoms with Gasteiger partial charge in [0.15, 0.2) is 0 Å². The van der Waals surface area contributed by atoms with Crippen molar-refractivity contribution in [1.29, 1.82) is 0 Å². The SMILES string of the molecule is COc1ccnc(N2CCC(C(=O)N3CCC(Oc4c(C)cccc4C)CC3)CC2)n1. The molecule has 0 radical (unpaired) electrons. The number of hydrogen-bond donors (Lipinski definition) is 0. The van der Waals surface area contributed by atoms with Crippen molar-refractivity contribution < 1.29 is 14.3 Å². The number of aryl methyl sites for hydroxylation is 2. The molecule has 2 fully saturated rings. The van der Waals surface area contributed by atoms with Crippen LogP contribution in [0.3, 0.4) is 0 Å². The van der Waals surface area contributed by atoms with E-state index in [1.54, 1.807) is 19.4 Å². The van der Waals surface area contributed by atoms with Crippen molar-refractivity contribution in [2.45, 2.75) is 45.6 Å². The summed E-state index contributed by atoms with van der Waals surface area (Å²) in [7, 11) is 1.60. The molecule has 0 aliphatic carbocycles. The Labute approximate surface area is 184 Å². The fraction of sp³-hybridized carbons (Fsp3) is 0.542. The van der Waals surface area contributed by atoms with Crippen LogP contribution in [-0.4, -0.2) is 60.2 Å². The molecule has 31 heavy (non-hydrogen) atoms. The van der Waals surface area contributed by atoms with Gasteiger partial charge in [-0.2, -0.15) is 4.98 Å². The minimum absolute atomic E-state index is 0.0814. The predicted octanol–water partition coefficient (Wildman–Crippen LogP) is 3.39. The highest BCUT2D eigenvalue weighted by molar-refractivity contribution is 5.79. The van der Waals surface area contributed by atoms with Gasteiger partial charge in [0, 0.05) is 57.2 Å². The second kappa shape index (κ2) is 9.54. The Morgan fingerprint density at radius 3 is 2.32 bits per heavy atom. The number of piperidine rings is 2. The fourth-order valence-corrected chi connectivity index (χ4v) is 4.53. The first-order valence-electron chi connectivity index (χ1n) is 11.2. The summed E-state index contributed by atoms with van der Waals surface area (Å²) < 4.78 is 11.5. The normalized spacial score (nSPS) is 18.2. The van der Waals surface area contributed by atoms with Crippen molar-refractivity contribution in [3.05, 3.63) is 41.6 Å². The van der Waals surface area contributed by atoms with Gasteiger partial charge in [0.1, 0.15) is 11.9 Å². The van der Waals surface area contributed by atoms with Crippen LogP contribution in [0.15, 0.2) is 30.5 Å². The summed E-state index contributed by atoms with van der Waals surface area (Å²) in [5.41, 5.74) is 2.34. The van der Waals surface area contributed by atoms with Gasteiger partial charge in [-0.1, -0.05) is 18.2 Å². The zero-order valence-electron chi connectivity index (χ0n) is 18.7. The number of anilines is 1. The lowest BCUT2D eigenvalue weighted by molar-refractivity contribution is -0.138. The molecule has 166 valence electrons. The Balaban J connectivity index is 1.27. The van der Waals surface area contributed by atoms with Crippen LogP contribution in [-0.2, 0) is 4.79 Å². The van der Waals surface area contributed by atoms with E-state index < -0.39 is 0 Å². The number of carbonyl (C=O) groups is 1. The number of benzene rings is 1. The molecule has 2 aromatic rings. The van der Waals surface area contributed by atoms with Crippen LogP contribution >= 0.6 is 0 Å². The van der Waals surface area contributed by atoms with E-state index >= 15 is 0 Å². The smallest absolute Gasteiger partial charge is 0.228 e. The van der Waals surface area contributed by atoms with Crippen LogP contribution in [0.4, 0.5) is 5.95 Å². The van der Waals surface area contributed by atoms with Crippen molar-refractivity contribution in [3.8, 4) is 11.6 Å². The monoisotopic (exact) mass is 424 g/mol. The van der Waals surface area contributed by atoms with E-state index in [1.807, 2.05) is 4.90 Å². The summed E-state index contributed by atoms with van der Waals surface area (Å²) in [6.07, 6.45) is 5.32. The second-order valence-electron chi connectivity index (χ2n) is 8.52. The van der Waals surface area contributed by atoms with Gasteiger partial charge in [-0.05, 0) is 37.8 Å². The maximum atomic E-state index is 13.1. The topological polar surface area (TPSA) is 67.8 Å². The number of hydrogen-bond acceptors (Lipinski definition) is 6. The quantitative estimate of drug-likeness (QED) is 0.733. The van der Waals surface area contributed by atoms with Gasteiger partial charge in [-0.3, -0.25) is 4.79 Å². The van der Waals surface area contributed by atoms with E-state index in [2.05, 4.69) is 46.9 Å². The molecule has 0 saturated carbocycles. The average Bonchev–Trinajstić information content (AvgIpc) is 2.81. The summed E-state index contributed by atoms with van der Waals surface area (Å²) >= 11 is 0. The molecule has 0 spiro atoms. The van der Waals surface area contributed by atoms with Gasteiger partial charge in [-0.15, -0.1) is 0 Å². The first-order chi connectivity index (χ1) is 15.0. The summed E-state index contributed by atoms with van der Waals surface area (Å²) in [6.45, 7) is 7.29. The number of rotatable bonds is 5. The van der Waals surface area contributed by atoms with E-state index in [1.165, 1.54) is 11.1 Å². The van der Waals surface area contributed by atoms with Gasteiger partial charge in [0.05, 0.1) is 7.11 Å². The van der Waals surface area contributed by atoms with E-state index in [0.29, 0.717) is 11.8 Å². The molecule has 1 amide bonds. The Kier molecular flexibility index (Phi) is 6.59. The number of carbonyl (C=O) groups excluding carboxylic acids is 1. The maximum Gasteiger partial charge on any atom is 0.228 e. The first-order valence-corrected chi connectivity index (χ1v) is 11.2. The van der Waals surface area contributed by atoms with Gasteiger partial charge >= 0.3 is 0 Å². The van der Waals surface area contributed by atoms with Crippen LogP contribution in [0.5, 0.6) is 11.6 Å². The number of aromatic nitrogens is 2. The fourth-order valence-electron chi connectivity index (χ4n) is 4.53. The molecule has 0 unspecified atom stereocenters. The molecule has 4 rings (SSSR count). The summed E-state index contributed by atoms with van der Waals surface area (Å²) in [5, 5.41) is 0. The third-order valence-corrected chi connectivity index (χ3v) is 6.40. The molecule has 3 heterocycles. The highest BCUT2D eigenvalue weighted by Gasteiger charge is 2.32. The number of ether oxygens (including phenoxy) is 2. The lowest BCUT2D eigenvalue weighted by atomic mass is 9.94. The molecule has 0 atom stereocenters. The molecular weight excluding hydrogens is 392 g/mol. The maximum absolute atomic E-state index is 13.1. The average molecular weight is 425 g/mol. The number of amides is 1. The van der Waals surface area contributed by atoms with Gasteiger partial charge in [0.2, 0.25) is 17.7 Å². The summed E-state index contributed by atoms with van der Waals surface area (Å²) in [4.78, 5) is 26.0. The van der Waals surface area contributed by atoms with Crippen LogP contribution < -0.4 is 14.4 Å². The van der Waals surface area contributed by atoms with E-state index in [4.69, 9.17) is 9.47 Å². The highest BCUT2D eigenvalue weighted by Crippen LogP contribution is 2.28. The molecule has 2 saturated heterocycles. The molecule has 2 aliphatic heterocycles. The Bertz CT molecular complexity index is 883. The minimum atomic E-state index is 0.0814. The van der Waals surface area contributed by atoms with Gasteiger partial charge in [0.25, 0.3) is 0 Å². The minimum Gasteiger partial charge on any atom is -0.490 e. The summed E-state index contributed by atoms with van der Waals surface area (Å²) in [6, 6.07) is 7.98. The van der Waals surface area contributed by atoms with Crippen molar-refractivity contribution in [3.63, 3.8) is 0 Å². The third kappa shape index (κ3) is 4.92. The zero-order valence-corrected chi connectivity index (χ0v) is 18.7. The summed E-state index contributed by atoms with van der Waals surface area (Å²) in [5.74, 6) is 2.61. The zero-order chi connectivity index (χ0) is 21.8. The number of para-hydroxylation sites is 1. The van der Waals surface area contributed by atoms with Crippen LogP contribution in [0, 0.1) is 19.8 Å². The Morgan fingerprint density at radius 2 is 1.68 bits per heavy atom. The molecule has 0 bridgehead atoms. The van der Waals surface area contributed by atoms with E-state index in [-0.39, 0.29) is 17.9 Å². The van der Waals surface area contributed by atoms with Gasteiger partial charge in [-0.25, -0.2) is 4.98 Å². The highest BCUT2D eigenvalue weighted by atomic mass is 16.5. The molecule has 7 heteroatoms. The molecule has 2 aliphatic rings. The number of methoxy groups -OCH3 is 1. The molecular formula is C24H32N4O3. The van der Waals surface area contributed by atoms with Crippen molar-refractivity contribution in [1.82, 2.24) is 14.9 Å². The molecule has 0 N–H and O–H groups in total. The Morgan fingerprint density at radius 1 is 1.00 bits per heavy atom. The van der Waals surface area contributed by atoms with Crippen molar-refractivity contribution in [2.24, 2.45) is 5.92 Å².